The smallest absolute Gasteiger partial charge is 0.341 e. The van der Waals surface area contributed by atoms with Gasteiger partial charge in [0.1, 0.15) is 5.56 Å². The van der Waals surface area contributed by atoms with Crippen molar-refractivity contribution in [2.24, 2.45) is 0 Å². The van der Waals surface area contributed by atoms with E-state index in [1.807, 2.05) is 24.3 Å². The van der Waals surface area contributed by atoms with Crippen molar-refractivity contribution in [1.82, 2.24) is 4.98 Å². The molecule has 6 heteroatoms. The number of carbonyl (C=O) groups excluding carboxylic acids is 1. The standard InChI is InChI=1S/C18H14Cl2N2O2/c1-2-24-18(23)14-10-21-17-13(7-4-8-15(17)20)16(14)22-12-6-3-5-11(19)9-12/h3-10H,2H2,1H3,(H,21,22). The number of esters is 1. The molecule has 1 N–H and O–H groups in total. The normalized spacial score (nSPS) is 10.6. The summed E-state index contributed by atoms with van der Waals surface area (Å²) in [5.41, 5.74) is 2.28. The van der Waals surface area contributed by atoms with Crippen LogP contribution in [0.2, 0.25) is 10.0 Å². The summed E-state index contributed by atoms with van der Waals surface area (Å²) in [6.07, 6.45) is 1.47. The zero-order valence-electron chi connectivity index (χ0n) is 12.8. The number of ether oxygens (including phenoxy) is 1. The average molecular weight is 361 g/mol. The molecule has 0 aliphatic heterocycles. The van der Waals surface area contributed by atoms with Gasteiger partial charge in [-0.05, 0) is 31.2 Å². The second kappa shape index (κ2) is 7.07. The maximum absolute atomic E-state index is 12.3. The van der Waals surface area contributed by atoms with Crippen molar-refractivity contribution < 1.29 is 9.53 Å². The molecule has 1 aromatic heterocycles. The number of pyridine rings is 1. The minimum Gasteiger partial charge on any atom is -0.462 e. The zero-order valence-corrected chi connectivity index (χ0v) is 14.4. The Morgan fingerprint density at radius 2 is 2.00 bits per heavy atom. The molecule has 0 fully saturated rings. The molecule has 0 aliphatic carbocycles. The molecule has 0 aliphatic rings. The summed E-state index contributed by atoms with van der Waals surface area (Å²) in [6.45, 7) is 2.04. The van der Waals surface area contributed by atoms with Crippen LogP contribution in [0.1, 0.15) is 17.3 Å². The van der Waals surface area contributed by atoms with Gasteiger partial charge >= 0.3 is 5.97 Å². The van der Waals surface area contributed by atoms with Gasteiger partial charge in [-0.15, -0.1) is 0 Å². The fourth-order valence-electron chi connectivity index (χ4n) is 2.40. The summed E-state index contributed by atoms with van der Waals surface area (Å²) in [5.74, 6) is -0.448. The molecule has 122 valence electrons. The molecule has 3 aromatic rings. The molecule has 0 bridgehead atoms. The zero-order chi connectivity index (χ0) is 17.1. The molecular formula is C18H14Cl2N2O2. The van der Waals surface area contributed by atoms with Gasteiger partial charge in [0.25, 0.3) is 0 Å². The number of hydrogen-bond acceptors (Lipinski definition) is 4. The average Bonchev–Trinajstić information content (AvgIpc) is 2.56. The Hall–Kier alpha value is -2.30. The van der Waals surface area contributed by atoms with Crippen LogP contribution < -0.4 is 5.32 Å². The number of halogens is 2. The number of para-hydroxylation sites is 1. The SMILES string of the molecule is CCOC(=O)c1cnc2c(Cl)cccc2c1Nc1cccc(Cl)c1. The highest BCUT2D eigenvalue weighted by Gasteiger charge is 2.18. The Bertz CT molecular complexity index is 913. The Kier molecular flexibility index (Phi) is 4.88. The summed E-state index contributed by atoms with van der Waals surface area (Å²) in [7, 11) is 0. The van der Waals surface area contributed by atoms with E-state index >= 15 is 0 Å². The molecule has 0 radical (unpaired) electrons. The van der Waals surface area contributed by atoms with Crippen LogP contribution in [0.5, 0.6) is 0 Å². The van der Waals surface area contributed by atoms with E-state index in [2.05, 4.69) is 10.3 Å². The first kappa shape index (κ1) is 16.6. The van der Waals surface area contributed by atoms with Gasteiger partial charge in [0.05, 0.1) is 22.8 Å². The minimum absolute atomic E-state index is 0.281. The van der Waals surface area contributed by atoms with E-state index in [1.165, 1.54) is 6.20 Å². The van der Waals surface area contributed by atoms with Crippen LogP contribution in [-0.2, 0) is 4.74 Å². The lowest BCUT2D eigenvalue weighted by atomic mass is 10.1. The first-order valence-electron chi connectivity index (χ1n) is 7.37. The fraction of sp³-hybridized carbons (Fsp3) is 0.111. The number of aromatic nitrogens is 1. The van der Waals surface area contributed by atoms with Crippen molar-refractivity contribution in [2.75, 3.05) is 11.9 Å². The molecule has 3 rings (SSSR count). The largest absolute Gasteiger partial charge is 0.462 e. The predicted molar refractivity (Wildman–Crippen MR) is 97.4 cm³/mol. The summed E-state index contributed by atoms with van der Waals surface area (Å²) in [5, 5.41) is 5.07. The quantitative estimate of drug-likeness (QED) is 0.627. The van der Waals surface area contributed by atoms with Crippen molar-refractivity contribution in [2.45, 2.75) is 6.92 Å². The van der Waals surface area contributed by atoms with Gasteiger partial charge in [-0.3, -0.25) is 4.98 Å². The molecule has 0 unspecified atom stereocenters. The van der Waals surface area contributed by atoms with Crippen LogP contribution in [0.4, 0.5) is 11.4 Å². The summed E-state index contributed by atoms with van der Waals surface area (Å²) < 4.78 is 5.13. The van der Waals surface area contributed by atoms with Crippen LogP contribution in [-0.4, -0.2) is 17.6 Å². The van der Waals surface area contributed by atoms with E-state index < -0.39 is 5.97 Å². The number of fused-ring (bicyclic) bond motifs is 1. The Balaban J connectivity index is 2.18. The van der Waals surface area contributed by atoms with Gasteiger partial charge in [-0.2, -0.15) is 0 Å². The van der Waals surface area contributed by atoms with Crippen LogP contribution in [0.25, 0.3) is 10.9 Å². The maximum atomic E-state index is 12.3. The van der Waals surface area contributed by atoms with Gasteiger partial charge in [0.15, 0.2) is 0 Å². The third-order valence-electron chi connectivity index (χ3n) is 3.44. The summed E-state index contributed by atoms with van der Waals surface area (Å²) in [4.78, 5) is 16.6. The Morgan fingerprint density at radius 3 is 2.75 bits per heavy atom. The molecule has 1 heterocycles. The number of carbonyl (C=O) groups is 1. The molecule has 2 aromatic carbocycles. The van der Waals surface area contributed by atoms with Gasteiger partial charge in [-0.25, -0.2) is 4.79 Å². The van der Waals surface area contributed by atoms with Crippen molar-refractivity contribution in [3.63, 3.8) is 0 Å². The number of benzene rings is 2. The van der Waals surface area contributed by atoms with E-state index in [0.717, 1.165) is 11.1 Å². The van der Waals surface area contributed by atoms with Crippen LogP contribution in [0, 0.1) is 0 Å². The molecular weight excluding hydrogens is 347 g/mol. The lowest BCUT2D eigenvalue weighted by molar-refractivity contribution is 0.0527. The van der Waals surface area contributed by atoms with Crippen molar-refractivity contribution in [3.05, 3.63) is 64.3 Å². The highest BCUT2D eigenvalue weighted by molar-refractivity contribution is 6.35. The predicted octanol–water partition coefficient (Wildman–Crippen LogP) is 5.46. The van der Waals surface area contributed by atoms with Crippen molar-refractivity contribution >= 4 is 51.4 Å². The molecule has 0 saturated carbocycles. The number of anilines is 2. The Morgan fingerprint density at radius 1 is 1.21 bits per heavy atom. The number of hydrogen-bond donors (Lipinski definition) is 1. The molecule has 0 atom stereocenters. The van der Waals surface area contributed by atoms with Crippen LogP contribution in [0.15, 0.2) is 48.7 Å². The summed E-state index contributed by atoms with van der Waals surface area (Å²) in [6, 6.07) is 12.6. The first-order valence-corrected chi connectivity index (χ1v) is 8.12. The summed E-state index contributed by atoms with van der Waals surface area (Å²) >= 11 is 12.3. The van der Waals surface area contributed by atoms with Gasteiger partial charge < -0.3 is 10.1 Å². The fourth-order valence-corrected chi connectivity index (χ4v) is 2.81. The molecule has 0 saturated heterocycles. The van der Waals surface area contributed by atoms with Crippen LogP contribution in [0.3, 0.4) is 0 Å². The minimum atomic E-state index is -0.448. The van der Waals surface area contributed by atoms with E-state index in [-0.39, 0.29) is 6.61 Å². The van der Waals surface area contributed by atoms with Crippen molar-refractivity contribution in [1.29, 1.82) is 0 Å². The topological polar surface area (TPSA) is 51.2 Å². The monoisotopic (exact) mass is 360 g/mol. The second-order valence-corrected chi connectivity index (χ2v) is 5.88. The van der Waals surface area contributed by atoms with E-state index in [9.17, 15) is 4.79 Å². The van der Waals surface area contributed by atoms with Gasteiger partial charge in [0.2, 0.25) is 0 Å². The second-order valence-electron chi connectivity index (χ2n) is 5.04. The highest BCUT2D eigenvalue weighted by atomic mass is 35.5. The highest BCUT2D eigenvalue weighted by Crippen LogP contribution is 2.33. The van der Waals surface area contributed by atoms with Crippen molar-refractivity contribution in [3.8, 4) is 0 Å². The number of nitrogens with zero attached hydrogens (tertiary/aromatic N) is 1. The molecule has 0 spiro atoms. The van der Waals surface area contributed by atoms with E-state index in [4.69, 9.17) is 27.9 Å². The lowest BCUT2D eigenvalue weighted by Gasteiger charge is -2.14. The third-order valence-corrected chi connectivity index (χ3v) is 3.98. The maximum Gasteiger partial charge on any atom is 0.341 e. The Labute approximate surface area is 149 Å². The van der Waals surface area contributed by atoms with E-state index in [0.29, 0.717) is 26.8 Å². The number of nitrogens with one attached hydrogen (secondary N) is 1. The van der Waals surface area contributed by atoms with Gasteiger partial charge in [0, 0.05) is 22.3 Å². The first-order chi connectivity index (χ1) is 11.6. The third kappa shape index (κ3) is 3.30. The number of rotatable bonds is 4. The van der Waals surface area contributed by atoms with E-state index in [1.54, 1.807) is 25.1 Å². The molecule has 24 heavy (non-hydrogen) atoms. The molecule has 0 amide bonds. The lowest BCUT2D eigenvalue weighted by Crippen LogP contribution is -2.09. The van der Waals surface area contributed by atoms with Crippen LogP contribution >= 0.6 is 23.2 Å². The van der Waals surface area contributed by atoms with Gasteiger partial charge in [-0.1, -0.05) is 41.4 Å². The molecule has 4 nitrogen and oxygen atoms in total.